The number of nitrogens with one attached hydrogen (secondary N) is 1. The Morgan fingerprint density at radius 1 is 1.16 bits per heavy atom. The lowest BCUT2D eigenvalue weighted by Crippen LogP contribution is -2.13. The molecule has 0 fully saturated rings. The zero-order valence-electron chi connectivity index (χ0n) is 10.2. The van der Waals surface area contributed by atoms with Gasteiger partial charge in [0.1, 0.15) is 11.0 Å². The molecule has 1 rings (SSSR count). The van der Waals surface area contributed by atoms with Crippen LogP contribution in [0.5, 0.6) is 0 Å². The van der Waals surface area contributed by atoms with Gasteiger partial charge in [-0.25, -0.2) is 9.97 Å². The molecule has 0 atom stereocenters. The van der Waals surface area contributed by atoms with E-state index in [1.54, 1.807) is 0 Å². The van der Waals surface area contributed by atoms with Crippen LogP contribution in [0.1, 0.15) is 31.5 Å². The molecule has 0 bridgehead atoms. The first-order valence-corrected chi connectivity index (χ1v) is 6.28. The molecule has 1 aromatic heterocycles. The van der Waals surface area contributed by atoms with E-state index in [0.29, 0.717) is 6.54 Å². The van der Waals surface area contributed by atoms with Crippen LogP contribution in [-0.4, -0.2) is 28.2 Å². The van der Waals surface area contributed by atoms with Gasteiger partial charge in [0.05, 0.1) is 0 Å². The van der Waals surface area contributed by atoms with Crippen LogP contribution < -0.4 is 5.32 Å². The van der Waals surface area contributed by atoms with E-state index in [4.69, 9.17) is 16.7 Å². The van der Waals surface area contributed by atoms with E-state index < -0.39 is 12.0 Å². The molecule has 0 saturated carbocycles. The molecular weight excluding hydrogens is 283 g/mol. The number of aliphatic hydroxyl groups is 1. The third kappa shape index (κ3) is 6.07. The Kier molecular flexibility index (Phi) is 6.30. The van der Waals surface area contributed by atoms with Crippen LogP contribution in [0.4, 0.5) is 19.0 Å². The molecule has 1 aromatic rings. The fourth-order valence-electron chi connectivity index (χ4n) is 1.44. The average Bonchev–Trinajstić information content (AvgIpc) is 2.32. The molecule has 19 heavy (non-hydrogen) atoms. The monoisotopic (exact) mass is 297 g/mol. The van der Waals surface area contributed by atoms with Crippen molar-refractivity contribution in [1.29, 1.82) is 0 Å². The number of rotatable bonds is 7. The molecule has 8 heteroatoms. The van der Waals surface area contributed by atoms with Gasteiger partial charge in [0.2, 0.25) is 5.82 Å². The molecule has 0 spiro atoms. The number of aromatic nitrogens is 2. The summed E-state index contributed by atoms with van der Waals surface area (Å²) in [5.74, 6) is -1.18. The highest BCUT2D eigenvalue weighted by atomic mass is 35.5. The highest BCUT2D eigenvalue weighted by Crippen LogP contribution is 2.28. The van der Waals surface area contributed by atoms with Crippen LogP contribution in [-0.2, 0) is 6.18 Å². The molecule has 2 N–H and O–H groups in total. The first-order chi connectivity index (χ1) is 8.93. The molecule has 0 radical (unpaired) electrons. The number of aliphatic hydroxyl groups excluding tert-OH is 1. The molecule has 108 valence electrons. The van der Waals surface area contributed by atoms with Gasteiger partial charge < -0.3 is 10.4 Å². The number of unbranched alkanes of at least 4 members (excludes halogenated alkanes) is 3. The van der Waals surface area contributed by atoms with Crippen molar-refractivity contribution in [2.75, 3.05) is 18.5 Å². The minimum atomic E-state index is -4.61. The number of alkyl halides is 3. The van der Waals surface area contributed by atoms with Gasteiger partial charge in [0, 0.05) is 19.2 Å². The normalized spacial score (nSPS) is 11.6. The van der Waals surface area contributed by atoms with Crippen molar-refractivity contribution >= 4 is 17.4 Å². The summed E-state index contributed by atoms with van der Waals surface area (Å²) in [7, 11) is 0. The minimum absolute atomic E-state index is 0.0643. The predicted molar refractivity (Wildman–Crippen MR) is 66.1 cm³/mol. The fourth-order valence-corrected chi connectivity index (χ4v) is 1.63. The Morgan fingerprint density at radius 3 is 2.47 bits per heavy atom. The van der Waals surface area contributed by atoms with Gasteiger partial charge >= 0.3 is 6.18 Å². The van der Waals surface area contributed by atoms with Crippen molar-refractivity contribution in [3.05, 3.63) is 17.0 Å². The van der Waals surface area contributed by atoms with Gasteiger partial charge in [0.15, 0.2) is 0 Å². The first kappa shape index (κ1) is 16.0. The van der Waals surface area contributed by atoms with Crippen LogP contribution in [0.3, 0.4) is 0 Å². The zero-order chi connectivity index (χ0) is 14.3. The molecule has 0 aliphatic carbocycles. The minimum Gasteiger partial charge on any atom is -0.396 e. The lowest BCUT2D eigenvalue weighted by molar-refractivity contribution is -0.144. The Hall–Kier alpha value is -1.08. The SMILES string of the molecule is OCCCCCCNc1cc(Cl)nc(C(F)(F)F)n1. The summed E-state index contributed by atoms with van der Waals surface area (Å²) in [5.41, 5.74) is 0. The second-order valence-electron chi connectivity index (χ2n) is 3.96. The largest absolute Gasteiger partial charge is 0.451 e. The Bertz CT molecular complexity index is 401. The Morgan fingerprint density at radius 2 is 1.84 bits per heavy atom. The van der Waals surface area contributed by atoms with Crippen LogP contribution in [0.2, 0.25) is 5.15 Å². The van der Waals surface area contributed by atoms with Crippen LogP contribution in [0, 0.1) is 0 Å². The second-order valence-corrected chi connectivity index (χ2v) is 4.35. The van der Waals surface area contributed by atoms with Crippen molar-refractivity contribution < 1.29 is 18.3 Å². The summed E-state index contributed by atoms with van der Waals surface area (Å²) in [5, 5.41) is 11.1. The molecule has 1 heterocycles. The molecule has 0 aliphatic heterocycles. The Labute approximate surface area is 114 Å². The van der Waals surface area contributed by atoms with E-state index in [-0.39, 0.29) is 17.6 Å². The van der Waals surface area contributed by atoms with E-state index in [0.717, 1.165) is 25.7 Å². The predicted octanol–water partition coefficient (Wildman–Crippen LogP) is 3.11. The maximum atomic E-state index is 12.4. The summed E-state index contributed by atoms with van der Waals surface area (Å²) in [6.07, 6.45) is -1.32. The molecule has 0 amide bonds. The molecule has 0 unspecified atom stereocenters. The number of hydrogen-bond acceptors (Lipinski definition) is 4. The number of nitrogens with zero attached hydrogens (tertiary/aromatic N) is 2. The van der Waals surface area contributed by atoms with E-state index >= 15 is 0 Å². The van der Waals surface area contributed by atoms with Gasteiger partial charge in [-0.15, -0.1) is 0 Å². The molecule has 0 saturated heterocycles. The summed E-state index contributed by atoms with van der Waals surface area (Å²) in [4.78, 5) is 6.50. The van der Waals surface area contributed by atoms with Gasteiger partial charge in [-0.05, 0) is 12.8 Å². The van der Waals surface area contributed by atoms with Crippen molar-refractivity contribution in [3.8, 4) is 0 Å². The summed E-state index contributed by atoms with van der Waals surface area (Å²) < 4.78 is 37.3. The van der Waals surface area contributed by atoms with Crippen LogP contribution in [0.15, 0.2) is 6.07 Å². The fraction of sp³-hybridized carbons (Fsp3) is 0.636. The van der Waals surface area contributed by atoms with Crippen LogP contribution >= 0.6 is 11.6 Å². The lowest BCUT2D eigenvalue weighted by Gasteiger charge is -2.09. The second kappa shape index (κ2) is 7.49. The third-order valence-electron chi connectivity index (χ3n) is 2.34. The number of hydrogen-bond donors (Lipinski definition) is 2. The maximum absolute atomic E-state index is 12.4. The average molecular weight is 298 g/mol. The van der Waals surface area contributed by atoms with E-state index in [1.165, 1.54) is 6.07 Å². The molecule has 0 aromatic carbocycles. The lowest BCUT2D eigenvalue weighted by atomic mass is 10.2. The highest BCUT2D eigenvalue weighted by Gasteiger charge is 2.35. The zero-order valence-corrected chi connectivity index (χ0v) is 10.9. The summed E-state index contributed by atoms with van der Waals surface area (Å²) >= 11 is 5.52. The summed E-state index contributed by atoms with van der Waals surface area (Å²) in [6, 6.07) is 1.25. The van der Waals surface area contributed by atoms with Gasteiger partial charge in [-0.1, -0.05) is 24.4 Å². The third-order valence-corrected chi connectivity index (χ3v) is 2.53. The van der Waals surface area contributed by atoms with Crippen molar-refractivity contribution in [3.63, 3.8) is 0 Å². The number of halogens is 4. The number of anilines is 1. The van der Waals surface area contributed by atoms with Crippen LogP contribution in [0.25, 0.3) is 0 Å². The smallest absolute Gasteiger partial charge is 0.396 e. The highest BCUT2D eigenvalue weighted by molar-refractivity contribution is 6.29. The quantitative estimate of drug-likeness (QED) is 0.600. The molecule has 0 aliphatic rings. The van der Waals surface area contributed by atoms with E-state index in [1.807, 2.05) is 0 Å². The van der Waals surface area contributed by atoms with Gasteiger partial charge in [-0.2, -0.15) is 13.2 Å². The van der Waals surface area contributed by atoms with E-state index in [2.05, 4.69) is 15.3 Å². The molecular formula is C11H15ClF3N3O. The van der Waals surface area contributed by atoms with Gasteiger partial charge in [-0.3, -0.25) is 0 Å². The van der Waals surface area contributed by atoms with E-state index in [9.17, 15) is 13.2 Å². The standard InChI is InChI=1S/C11H15ClF3N3O/c12-8-7-9(16-5-3-1-2-4-6-19)18-10(17-8)11(13,14)15/h7,19H,1-6H2,(H,16,17,18). The molecule has 4 nitrogen and oxygen atoms in total. The Balaban J connectivity index is 2.48. The van der Waals surface area contributed by atoms with Crippen molar-refractivity contribution in [2.45, 2.75) is 31.9 Å². The van der Waals surface area contributed by atoms with Crippen molar-refractivity contribution in [1.82, 2.24) is 9.97 Å². The van der Waals surface area contributed by atoms with Crippen molar-refractivity contribution in [2.24, 2.45) is 0 Å². The maximum Gasteiger partial charge on any atom is 0.451 e. The topological polar surface area (TPSA) is 58.0 Å². The first-order valence-electron chi connectivity index (χ1n) is 5.90. The van der Waals surface area contributed by atoms with Gasteiger partial charge in [0.25, 0.3) is 0 Å². The summed E-state index contributed by atoms with van der Waals surface area (Å²) in [6.45, 7) is 0.653.